The fourth-order valence-electron chi connectivity index (χ4n) is 5.06. The summed E-state index contributed by atoms with van der Waals surface area (Å²) in [5.41, 5.74) is 1.93. The van der Waals surface area contributed by atoms with E-state index in [1.807, 2.05) is 0 Å². The Morgan fingerprint density at radius 1 is 0.938 bits per heavy atom. The van der Waals surface area contributed by atoms with E-state index in [2.05, 4.69) is 45.4 Å². The highest BCUT2D eigenvalue weighted by Gasteiger charge is 2.37. The molecule has 2 aromatic carbocycles. The van der Waals surface area contributed by atoms with Gasteiger partial charge in [-0.1, -0.05) is 30.3 Å². The maximum atomic E-state index is 12.5. The third kappa shape index (κ3) is 5.75. The van der Waals surface area contributed by atoms with Crippen molar-refractivity contribution in [1.29, 1.82) is 0 Å². The molecule has 2 unspecified atom stereocenters. The lowest BCUT2D eigenvalue weighted by molar-refractivity contribution is -0.116. The Kier molecular flexibility index (Phi) is 7.25. The van der Waals surface area contributed by atoms with Crippen LogP contribution in [-0.2, 0) is 21.4 Å². The van der Waals surface area contributed by atoms with Crippen LogP contribution in [0.25, 0.3) is 0 Å². The fourth-order valence-corrected chi connectivity index (χ4v) is 5.58. The Hall–Kier alpha value is -2.26. The zero-order chi connectivity index (χ0) is 22.6. The number of nitrogens with zero attached hydrogens (tertiary/aromatic N) is 2. The standard InChI is InChI=1S/C24H32N4O3S/c25-32(30,31)21-12-10-20(11-13-21)26-24(29)14-17-27-15-4-8-22(27)23-9-5-16-28(23)18-19-6-2-1-3-7-19/h1-3,6-7,10-13,22-23H,4-5,8-9,14-18H2,(H,26,29)(H2,25,30,31). The Bertz CT molecular complexity index is 1010. The van der Waals surface area contributed by atoms with Gasteiger partial charge in [-0.15, -0.1) is 0 Å². The minimum atomic E-state index is -3.73. The lowest BCUT2D eigenvalue weighted by Crippen LogP contribution is -2.46. The van der Waals surface area contributed by atoms with E-state index in [0.717, 1.165) is 26.2 Å². The van der Waals surface area contributed by atoms with Crippen molar-refractivity contribution in [2.75, 3.05) is 25.0 Å². The molecule has 2 heterocycles. The molecule has 2 atom stereocenters. The van der Waals surface area contributed by atoms with E-state index in [0.29, 0.717) is 24.2 Å². The lowest BCUT2D eigenvalue weighted by atomic mass is 10.0. The van der Waals surface area contributed by atoms with Gasteiger partial charge >= 0.3 is 0 Å². The number of nitrogens with two attached hydrogens (primary N) is 1. The molecule has 3 N–H and O–H groups in total. The highest BCUT2D eigenvalue weighted by Crippen LogP contribution is 2.31. The molecule has 172 valence electrons. The van der Waals surface area contributed by atoms with Crippen molar-refractivity contribution in [2.45, 2.75) is 55.6 Å². The summed E-state index contributed by atoms with van der Waals surface area (Å²) in [5, 5.41) is 7.98. The topological polar surface area (TPSA) is 95.7 Å². The van der Waals surface area contributed by atoms with Crippen LogP contribution in [0.15, 0.2) is 59.5 Å². The molecular formula is C24H32N4O3S. The first-order valence-corrected chi connectivity index (χ1v) is 12.9. The average molecular weight is 457 g/mol. The van der Waals surface area contributed by atoms with Gasteiger partial charge in [0.15, 0.2) is 0 Å². The summed E-state index contributed by atoms with van der Waals surface area (Å²) in [6.45, 7) is 3.90. The summed E-state index contributed by atoms with van der Waals surface area (Å²) in [6.07, 6.45) is 5.23. The van der Waals surface area contributed by atoms with Crippen LogP contribution in [0.4, 0.5) is 5.69 Å². The lowest BCUT2D eigenvalue weighted by Gasteiger charge is -2.35. The monoisotopic (exact) mass is 456 g/mol. The molecular weight excluding hydrogens is 424 g/mol. The van der Waals surface area contributed by atoms with Crippen LogP contribution in [-0.4, -0.2) is 55.8 Å². The fraction of sp³-hybridized carbons (Fsp3) is 0.458. The quantitative estimate of drug-likeness (QED) is 0.637. The predicted octanol–water partition coefficient (Wildman–Crippen LogP) is 2.79. The second-order valence-electron chi connectivity index (χ2n) is 8.78. The van der Waals surface area contributed by atoms with Gasteiger partial charge in [0.1, 0.15) is 0 Å². The molecule has 0 bridgehead atoms. The van der Waals surface area contributed by atoms with Crippen molar-refractivity contribution in [1.82, 2.24) is 9.80 Å². The van der Waals surface area contributed by atoms with Crippen molar-refractivity contribution >= 4 is 21.6 Å². The molecule has 2 aromatic rings. The zero-order valence-corrected chi connectivity index (χ0v) is 19.1. The number of rotatable bonds is 8. The number of anilines is 1. The Morgan fingerprint density at radius 3 is 2.22 bits per heavy atom. The van der Waals surface area contributed by atoms with E-state index >= 15 is 0 Å². The van der Waals surface area contributed by atoms with Crippen LogP contribution in [0, 0.1) is 0 Å². The number of carbonyl (C=O) groups is 1. The van der Waals surface area contributed by atoms with Crippen LogP contribution in [0.3, 0.4) is 0 Å². The second kappa shape index (κ2) is 10.1. The number of amides is 1. The maximum Gasteiger partial charge on any atom is 0.238 e. The van der Waals surface area contributed by atoms with Crippen molar-refractivity contribution in [3.63, 3.8) is 0 Å². The number of hydrogen-bond acceptors (Lipinski definition) is 5. The smallest absolute Gasteiger partial charge is 0.238 e. The highest BCUT2D eigenvalue weighted by molar-refractivity contribution is 7.89. The normalized spacial score (nSPS) is 22.3. The number of nitrogens with one attached hydrogen (secondary N) is 1. The number of likely N-dealkylation sites (tertiary alicyclic amines) is 2. The van der Waals surface area contributed by atoms with Gasteiger partial charge in [-0.2, -0.15) is 0 Å². The van der Waals surface area contributed by atoms with E-state index in [-0.39, 0.29) is 10.8 Å². The van der Waals surface area contributed by atoms with Crippen LogP contribution < -0.4 is 10.5 Å². The van der Waals surface area contributed by atoms with E-state index in [9.17, 15) is 13.2 Å². The van der Waals surface area contributed by atoms with Crippen molar-refractivity contribution in [3.05, 3.63) is 60.2 Å². The third-order valence-electron chi connectivity index (χ3n) is 6.59. The van der Waals surface area contributed by atoms with Crippen LogP contribution in [0.5, 0.6) is 0 Å². The van der Waals surface area contributed by atoms with Crippen LogP contribution in [0.2, 0.25) is 0 Å². The molecule has 0 aliphatic carbocycles. The molecule has 1 amide bonds. The Balaban J connectivity index is 1.30. The van der Waals surface area contributed by atoms with Gasteiger partial charge in [0.25, 0.3) is 0 Å². The summed E-state index contributed by atoms with van der Waals surface area (Å²) in [6, 6.07) is 17.6. The van der Waals surface area contributed by atoms with Gasteiger partial charge < -0.3 is 5.32 Å². The first-order chi connectivity index (χ1) is 15.4. The molecule has 4 rings (SSSR count). The van der Waals surface area contributed by atoms with E-state index in [1.165, 1.54) is 43.4 Å². The molecule has 0 spiro atoms. The van der Waals surface area contributed by atoms with Gasteiger partial charge in [-0.25, -0.2) is 13.6 Å². The number of hydrogen-bond donors (Lipinski definition) is 2. The SMILES string of the molecule is NS(=O)(=O)c1ccc(NC(=O)CCN2CCCC2C2CCCN2Cc2ccccc2)cc1. The number of primary sulfonamides is 1. The summed E-state index contributed by atoms with van der Waals surface area (Å²) >= 11 is 0. The van der Waals surface area contributed by atoms with Crippen LogP contribution in [0.1, 0.15) is 37.7 Å². The molecule has 7 nitrogen and oxygen atoms in total. The molecule has 32 heavy (non-hydrogen) atoms. The van der Waals surface area contributed by atoms with E-state index < -0.39 is 10.0 Å². The number of carbonyl (C=O) groups excluding carboxylic acids is 1. The maximum absolute atomic E-state index is 12.5. The summed E-state index contributed by atoms with van der Waals surface area (Å²) < 4.78 is 22.7. The average Bonchev–Trinajstić information content (AvgIpc) is 3.41. The Labute approximate surface area is 190 Å². The summed E-state index contributed by atoms with van der Waals surface area (Å²) in [4.78, 5) is 17.6. The Morgan fingerprint density at radius 2 is 1.56 bits per heavy atom. The molecule has 8 heteroatoms. The molecule has 0 radical (unpaired) electrons. The summed E-state index contributed by atoms with van der Waals surface area (Å²) in [7, 11) is -3.73. The van der Waals surface area contributed by atoms with Gasteiger partial charge in [-0.3, -0.25) is 14.6 Å². The van der Waals surface area contributed by atoms with Crippen molar-refractivity contribution in [2.24, 2.45) is 5.14 Å². The molecule has 0 saturated carbocycles. The summed E-state index contributed by atoms with van der Waals surface area (Å²) in [5.74, 6) is -0.0634. The first-order valence-electron chi connectivity index (χ1n) is 11.3. The highest BCUT2D eigenvalue weighted by atomic mass is 32.2. The minimum absolute atomic E-state index is 0.0343. The van der Waals surface area contributed by atoms with Gasteiger partial charge in [0.05, 0.1) is 4.90 Å². The van der Waals surface area contributed by atoms with Gasteiger partial charge in [0.2, 0.25) is 15.9 Å². The number of sulfonamides is 1. The predicted molar refractivity (Wildman–Crippen MR) is 126 cm³/mol. The van der Waals surface area contributed by atoms with Crippen LogP contribution >= 0.6 is 0 Å². The molecule has 0 aromatic heterocycles. The largest absolute Gasteiger partial charge is 0.326 e. The van der Waals surface area contributed by atoms with E-state index in [1.54, 1.807) is 12.1 Å². The number of benzene rings is 2. The molecule has 2 aliphatic rings. The van der Waals surface area contributed by atoms with Gasteiger partial charge in [0, 0.05) is 37.3 Å². The first kappa shape index (κ1) is 22.9. The molecule has 2 fully saturated rings. The zero-order valence-electron chi connectivity index (χ0n) is 18.3. The van der Waals surface area contributed by atoms with Crippen molar-refractivity contribution < 1.29 is 13.2 Å². The van der Waals surface area contributed by atoms with Crippen molar-refractivity contribution in [3.8, 4) is 0 Å². The minimum Gasteiger partial charge on any atom is -0.326 e. The van der Waals surface area contributed by atoms with Gasteiger partial charge in [-0.05, 0) is 68.6 Å². The molecule has 2 saturated heterocycles. The van der Waals surface area contributed by atoms with E-state index in [4.69, 9.17) is 5.14 Å². The molecule has 2 aliphatic heterocycles. The second-order valence-corrected chi connectivity index (χ2v) is 10.3. The third-order valence-corrected chi connectivity index (χ3v) is 7.52.